The molecule has 0 unspecified atom stereocenters. The summed E-state index contributed by atoms with van der Waals surface area (Å²) in [7, 11) is 0. The summed E-state index contributed by atoms with van der Waals surface area (Å²) in [5.41, 5.74) is -0.321. The van der Waals surface area contributed by atoms with Gasteiger partial charge in [-0.3, -0.25) is 4.79 Å². The second kappa shape index (κ2) is 6.15. The normalized spacial score (nSPS) is 24.4. The first-order valence-corrected chi connectivity index (χ1v) is 8.12. The van der Waals surface area contributed by atoms with Crippen LogP contribution in [0.25, 0.3) is 0 Å². The van der Waals surface area contributed by atoms with Crippen LogP contribution >= 0.6 is 0 Å². The average molecular weight is 288 g/mol. The Balaban J connectivity index is 1.37. The van der Waals surface area contributed by atoms with Gasteiger partial charge in [-0.2, -0.15) is 10.2 Å². The highest BCUT2D eigenvalue weighted by Crippen LogP contribution is 2.37. The lowest BCUT2D eigenvalue weighted by atomic mass is 9.98. The van der Waals surface area contributed by atoms with Gasteiger partial charge in [-0.1, -0.05) is 0 Å². The fourth-order valence-corrected chi connectivity index (χ4v) is 3.32. The van der Waals surface area contributed by atoms with Crippen molar-refractivity contribution < 1.29 is 4.79 Å². The molecule has 0 bridgehead atoms. The van der Waals surface area contributed by atoms with E-state index in [1.807, 2.05) is 4.90 Å². The largest absolute Gasteiger partial charge is 0.343 e. The van der Waals surface area contributed by atoms with Crippen molar-refractivity contribution in [3.8, 4) is 12.3 Å². The van der Waals surface area contributed by atoms with E-state index >= 15 is 0 Å². The van der Waals surface area contributed by atoms with Gasteiger partial charge in [0.15, 0.2) is 5.66 Å². The molecule has 0 spiro atoms. The lowest BCUT2D eigenvalue weighted by Crippen LogP contribution is -2.51. The Morgan fingerprint density at radius 1 is 1.19 bits per heavy atom. The van der Waals surface area contributed by atoms with Crippen molar-refractivity contribution >= 4 is 5.91 Å². The number of terminal acetylenes is 1. The van der Waals surface area contributed by atoms with Crippen LogP contribution in [0.2, 0.25) is 0 Å². The highest BCUT2D eigenvalue weighted by atomic mass is 16.2. The standard InChI is InChI=1S/C16H24N4O/c1-2-3-8-16(17-18-16)9-5-15(21)20-12-6-14(7-13-20)19-10-4-11-19/h1,14H,3-13H2. The minimum atomic E-state index is -0.321. The molecule has 2 fully saturated rings. The number of rotatable bonds is 6. The summed E-state index contributed by atoms with van der Waals surface area (Å²) in [6.07, 6.45) is 11.6. The number of hydrogen-bond donors (Lipinski definition) is 0. The first-order valence-electron chi connectivity index (χ1n) is 8.12. The second-order valence-corrected chi connectivity index (χ2v) is 6.39. The van der Waals surface area contributed by atoms with Crippen LogP contribution in [-0.4, -0.2) is 53.6 Å². The smallest absolute Gasteiger partial charge is 0.222 e. The van der Waals surface area contributed by atoms with Crippen LogP contribution in [0.5, 0.6) is 0 Å². The number of likely N-dealkylation sites (tertiary alicyclic amines) is 2. The molecule has 3 heterocycles. The van der Waals surface area contributed by atoms with E-state index in [1.165, 1.54) is 19.5 Å². The van der Waals surface area contributed by atoms with Gasteiger partial charge in [0, 0.05) is 44.8 Å². The van der Waals surface area contributed by atoms with Crippen LogP contribution in [0.1, 0.15) is 44.9 Å². The topological polar surface area (TPSA) is 48.3 Å². The maximum atomic E-state index is 12.3. The van der Waals surface area contributed by atoms with Crippen LogP contribution in [0.4, 0.5) is 0 Å². The molecule has 3 aliphatic heterocycles. The predicted molar refractivity (Wildman–Crippen MR) is 80.7 cm³/mol. The Labute approximate surface area is 126 Å². The third-order valence-corrected chi connectivity index (χ3v) is 5.02. The van der Waals surface area contributed by atoms with Crippen molar-refractivity contribution in [1.82, 2.24) is 9.80 Å². The molecule has 114 valence electrons. The summed E-state index contributed by atoms with van der Waals surface area (Å²) in [5.74, 6) is 2.88. The van der Waals surface area contributed by atoms with Crippen molar-refractivity contribution in [3.63, 3.8) is 0 Å². The third kappa shape index (κ3) is 3.44. The molecule has 0 aromatic carbocycles. The van der Waals surface area contributed by atoms with Crippen molar-refractivity contribution in [1.29, 1.82) is 0 Å². The minimum absolute atomic E-state index is 0.259. The average Bonchev–Trinajstić information content (AvgIpc) is 3.22. The lowest BCUT2D eigenvalue weighted by molar-refractivity contribution is -0.133. The summed E-state index contributed by atoms with van der Waals surface area (Å²) >= 11 is 0. The molecular formula is C16H24N4O. The van der Waals surface area contributed by atoms with Gasteiger partial charge in [0.25, 0.3) is 0 Å². The summed E-state index contributed by atoms with van der Waals surface area (Å²) in [6.45, 7) is 4.32. The Bertz CT molecular complexity index is 449. The summed E-state index contributed by atoms with van der Waals surface area (Å²) in [5, 5.41) is 8.19. The first kappa shape index (κ1) is 14.5. The van der Waals surface area contributed by atoms with Crippen molar-refractivity contribution in [3.05, 3.63) is 0 Å². The molecule has 0 atom stereocenters. The van der Waals surface area contributed by atoms with Crippen molar-refractivity contribution in [2.45, 2.75) is 56.7 Å². The molecule has 0 radical (unpaired) electrons. The third-order valence-electron chi connectivity index (χ3n) is 5.02. The van der Waals surface area contributed by atoms with Gasteiger partial charge in [-0.05, 0) is 32.4 Å². The lowest BCUT2D eigenvalue weighted by Gasteiger charge is -2.43. The molecule has 2 saturated heterocycles. The highest BCUT2D eigenvalue weighted by molar-refractivity contribution is 5.76. The van der Waals surface area contributed by atoms with Crippen molar-refractivity contribution in [2.24, 2.45) is 10.2 Å². The van der Waals surface area contributed by atoms with Gasteiger partial charge in [0.05, 0.1) is 0 Å². The minimum Gasteiger partial charge on any atom is -0.343 e. The van der Waals surface area contributed by atoms with E-state index < -0.39 is 0 Å². The number of nitrogens with zero attached hydrogens (tertiary/aromatic N) is 4. The van der Waals surface area contributed by atoms with E-state index in [-0.39, 0.29) is 11.6 Å². The fourth-order valence-electron chi connectivity index (χ4n) is 3.32. The Morgan fingerprint density at radius 2 is 1.90 bits per heavy atom. The molecule has 0 saturated carbocycles. The molecule has 3 aliphatic rings. The molecule has 0 aliphatic carbocycles. The molecule has 3 rings (SSSR count). The zero-order valence-electron chi connectivity index (χ0n) is 12.6. The van der Waals surface area contributed by atoms with E-state index in [4.69, 9.17) is 6.42 Å². The molecule has 0 aromatic heterocycles. The highest BCUT2D eigenvalue weighted by Gasteiger charge is 2.40. The van der Waals surface area contributed by atoms with E-state index in [2.05, 4.69) is 21.0 Å². The number of carbonyl (C=O) groups excluding carboxylic acids is 1. The van der Waals surface area contributed by atoms with E-state index in [0.717, 1.165) is 38.8 Å². The van der Waals surface area contributed by atoms with E-state index in [0.29, 0.717) is 18.9 Å². The molecule has 0 N–H and O–H groups in total. The quantitative estimate of drug-likeness (QED) is 0.702. The monoisotopic (exact) mass is 288 g/mol. The number of piperidine rings is 1. The Morgan fingerprint density at radius 3 is 2.43 bits per heavy atom. The summed E-state index contributed by atoms with van der Waals surface area (Å²) in [4.78, 5) is 16.9. The van der Waals surface area contributed by atoms with E-state index in [1.54, 1.807) is 0 Å². The fraction of sp³-hybridized carbons (Fsp3) is 0.812. The zero-order chi connectivity index (χ0) is 14.7. The van der Waals surface area contributed by atoms with Crippen LogP contribution in [0.15, 0.2) is 10.2 Å². The van der Waals surface area contributed by atoms with Gasteiger partial charge in [-0.15, -0.1) is 12.3 Å². The molecular weight excluding hydrogens is 264 g/mol. The van der Waals surface area contributed by atoms with Crippen LogP contribution in [0.3, 0.4) is 0 Å². The van der Waals surface area contributed by atoms with Gasteiger partial charge < -0.3 is 9.80 Å². The number of carbonyl (C=O) groups is 1. The van der Waals surface area contributed by atoms with E-state index in [9.17, 15) is 4.79 Å². The Hall–Kier alpha value is -1.41. The zero-order valence-corrected chi connectivity index (χ0v) is 12.6. The van der Waals surface area contributed by atoms with Gasteiger partial charge in [-0.25, -0.2) is 0 Å². The second-order valence-electron chi connectivity index (χ2n) is 6.39. The maximum Gasteiger partial charge on any atom is 0.222 e. The molecule has 0 aromatic rings. The van der Waals surface area contributed by atoms with Crippen LogP contribution in [0, 0.1) is 12.3 Å². The molecule has 5 heteroatoms. The van der Waals surface area contributed by atoms with Gasteiger partial charge in [0.1, 0.15) is 0 Å². The van der Waals surface area contributed by atoms with Gasteiger partial charge >= 0.3 is 0 Å². The summed E-state index contributed by atoms with van der Waals surface area (Å²) < 4.78 is 0. The molecule has 5 nitrogen and oxygen atoms in total. The number of hydrogen-bond acceptors (Lipinski definition) is 4. The summed E-state index contributed by atoms with van der Waals surface area (Å²) in [6, 6.07) is 0.707. The predicted octanol–water partition coefficient (Wildman–Crippen LogP) is 2.04. The molecule has 21 heavy (non-hydrogen) atoms. The van der Waals surface area contributed by atoms with Crippen LogP contribution < -0.4 is 0 Å². The molecule has 1 amide bonds. The van der Waals surface area contributed by atoms with Gasteiger partial charge in [0.2, 0.25) is 5.91 Å². The number of amides is 1. The SMILES string of the molecule is C#CCCC1(CCC(=O)N2CCC(N3CCC3)CC2)N=N1. The maximum absolute atomic E-state index is 12.3. The Kier molecular flexibility index (Phi) is 4.25. The van der Waals surface area contributed by atoms with Crippen molar-refractivity contribution in [2.75, 3.05) is 26.2 Å². The first-order chi connectivity index (χ1) is 10.2. The van der Waals surface area contributed by atoms with Crippen LogP contribution in [-0.2, 0) is 4.79 Å².